The molecule has 0 aromatic carbocycles. The van der Waals surface area contributed by atoms with Crippen LogP contribution in [0.2, 0.25) is 0 Å². The van der Waals surface area contributed by atoms with Crippen molar-refractivity contribution in [1.82, 2.24) is 15.0 Å². The quantitative estimate of drug-likeness (QED) is 0.610. The third-order valence-corrected chi connectivity index (χ3v) is 3.83. The lowest BCUT2D eigenvalue weighted by Crippen LogP contribution is -2.46. The zero-order valence-electron chi connectivity index (χ0n) is 18.0. The minimum atomic E-state index is -0.835. The molecule has 160 valence electrons. The van der Waals surface area contributed by atoms with E-state index < -0.39 is 34.7 Å². The highest BCUT2D eigenvalue weighted by Gasteiger charge is 2.31. The molecule has 2 rings (SSSR count). The van der Waals surface area contributed by atoms with E-state index in [0.717, 1.165) is 23.9 Å². The summed E-state index contributed by atoms with van der Waals surface area (Å²) < 4.78 is 12.0. The third-order valence-electron chi connectivity index (χ3n) is 3.83. The molecule has 1 aromatic heterocycles. The van der Waals surface area contributed by atoms with E-state index in [4.69, 9.17) is 9.47 Å². The molecule has 1 N–H and O–H groups in total. The van der Waals surface area contributed by atoms with Gasteiger partial charge in [-0.2, -0.15) is 0 Å². The van der Waals surface area contributed by atoms with Gasteiger partial charge in [0.05, 0.1) is 11.1 Å². The lowest BCUT2D eigenvalue weighted by molar-refractivity contribution is 0.00656. The summed E-state index contributed by atoms with van der Waals surface area (Å²) in [6.07, 6.45) is 2.20. The van der Waals surface area contributed by atoms with Crippen LogP contribution in [0.4, 0.5) is 4.79 Å². The van der Waals surface area contributed by atoms with Crippen molar-refractivity contribution in [2.45, 2.75) is 71.6 Å². The Morgan fingerprint density at radius 2 is 1.59 bits per heavy atom. The van der Waals surface area contributed by atoms with E-state index in [2.05, 4.69) is 5.43 Å². The molecule has 0 atom stereocenters. The van der Waals surface area contributed by atoms with Gasteiger partial charge in [0.2, 0.25) is 0 Å². The summed E-state index contributed by atoms with van der Waals surface area (Å²) in [4.78, 5) is 50.0. The molecule has 0 aliphatic heterocycles. The Morgan fingerprint density at radius 3 is 2.07 bits per heavy atom. The van der Waals surface area contributed by atoms with E-state index in [9.17, 15) is 19.2 Å². The maximum Gasteiger partial charge on any atom is 0.426 e. The molecule has 0 unspecified atom stereocenters. The first-order chi connectivity index (χ1) is 13.2. The lowest BCUT2D eigenvalue weighted by atomic mass is 10.1. The Balaban J connectivity index is 2.35. The van der Waals surface area contributed by atoms with Crippen LogP contribution in [0, 0.1) is 0 Å². The number of pyridine rings is 1. The highest BCUT2D eigenvalue weighted by atomic mass is 16.6. The van der Waals surface area contributed by atoms with Gasteiger partial charge in [0.25, 0.3) is 11.5 Å². The molecule has 0 saturated heterocycles. The maximum atomic E-state index is 12.9. The number of nitrogens with one attached hydrogen (secondary N) is 1. The Labute approximate surface area is 169 Å². The highest BCUT2D eigenvalue weighted by Crippen LogP contribution is 2.34. The van der Waals surface area contributed by atoms with Gasteiger partial charge in [0.1, 0.15) is 11.2 Å². The molecule has 1 saturated carbocycles. The number of ether oxygens (including phenoxy) is 2. The molecule has 9 heteroatoms. The van der Waals surface area contributed by atoms with Crippen LogP contribution in [-0.4, -0.2) is 45.8 Å². The van der Waals surface area contributed by atoms with Crippen LogP contribution >= 0.6 is 0 Å². The van der Waals surface area contributed by atoms with E-state index in [1.165, 1.54) is 17.8 Å². The predicted octanol–water partition coefficient (Wildman–Crippen LogP) is 2.65. The fraction of sp³-hybridized carbons (Fsp3) is 0.600. The smallest absolute Gasteiger partial charge is 0.426 e. The number of amides is 2. The van der Waals surface area contributed by atoms with Crippen molar-refractivity contribution >= 4 is 18.0 Å². The summed E-state index contributed by atoms with van der Waals surface area (Å²) in [5, 5.41) is 0.873. The van der Waals surface area contributed by atoms with Crippen LogP contribution in [0.15, 0.2) is 17.1 Å². The summed E-state index contributed by atoms with van der Waals surface area (Å²) >= 11 is 0. The second-order valence-corrected chi connectivity index (χ2v) is 9.06. The summed E-state index contributed by atoms with van der Waals surface area (Å²) in [6.45, 7) is 10.2. The van der Waals surface area contributed by atoms with E-state index in [1.807, 2.05) is 0 Å². The van der Waals surface area contributed by atoms with Gasteiger partial charge in [0, 0.05) is 25.4 Å². The van der Waals surface area contributed by atoms with Crippen molar-refractivity contribution in [2.75, 3.05) is 7.05 Å². The fourth-order valence-corrected chi connectivity index (χ4v) is 2.53. The van der Waals surface area contributed by atoms with Gasteiger partial charge in [-0.1, -0.05) is 0 Å². The number of carbonyl (C=O) groups is 3. The second-order valence-electron chi connectivity index (χ2n) is 9.06. The monoisotopic (exact) mass is 407 g/mol. The van der Waals surface area contributed by atoms with Gasteiger partial charge in [-0.25, -0.2) is 15.0 Å². The van der Waals surface area contributed by atoms with E-state index in [-0.39, 0.29) is 17.2 Å². The third kappa shape index (κ3) is 6.33. The molecule has 1 aliphatic carbocycles. The molecule has 1 fully saturated rings. The molecule has 0 bridgehead atoms. The van der Waals surface area contributed by atoms with Crippen LogP contribution in [-0.2, 0) is 9.47 Å². The predicted molar refractivity (Wildman–Crippen MR) is 106 cm³/mol. The normalized spacial score (nSPS) is 14.2. The molecule has 0 spiro atoms. The lowest BCUT2D eigenvalue weighted by Gasteiger charge is -2.24. The number of hydrazine groups is 1. The summed E-state index contributed by atoms with van der Waals surface area (Å²) in [6, 6.07) is 1.12. The minimum absolute atomic E-state index is 0.0189. The highest BCUT2D eigenvalue weighted by molar-refractivity contribution is 6.05. The zero-order valence-corrected chi connectivity index (χ0v) is 18.0. The summed E-state index contributed by atoms with van der Waals surface area (Å²) in [5.74, 6) is -1.46. The van der Waals surface area contributed by atoms with Crippen molar-refractivity contribution in [3.8, 4) is 0 Å². The first-order valence-electron chi connectivity index (χ1n) is 9.45. The van der Waals surface area contributed by atoms with Crippen molar-refractivity contribution in [1.29, 1.82) is 0 Å². The average molecular weight is 407 g/mol. The van der Waals surface area contributed by atoms with Crippen molar-refractivity contribution in [3.05, 3.63) is 33.7 Å². The average Bonchev–Trinajstić information content (AvgIpc) is 3.34. The second kappa shape index (κ2) is 7.88. The van der Waals surface area contributed by atoms with Crippen molar-refractivity contribution in [2.24, 2.45) is 0 Å². The topological polar surface area (TPSA) is 107 Å². The van der Waals surface area contributed by atoms with Gasteiger partial charge in [0.15, 0.2) is 0 Å². The maximum absolute atomic E-state index is 12.9. The van der Waals surface area contributed by atoms with Crippen molar-refractivity contribution < 1.29 is 23.9 Å². The summed E-state index contributed by atoms with van der Waals surface area (Å²) in [7, 11) is 1.30. The molecule has 1 aromatic rings. The Bertz CT molecular complexity index is 872. The van der Waals surface area contributed by atoms with E-state index in [1.54, 1.807) is 41.5 Å². The van der Waals surface area contributed by atoms with Gasteiger partial charge < -0.3 is 14.0 Å². The molecule has 1 aliphatic rings. The Hall–Kier alpha value is -2.84. The fourth-order valence-electron chi connectivity index (χ4n) is 2.53. The molecule has 29 heavy (non-hydrogen) atoms. The standard InChI is InChI=1S/C20H29N3O6/c1-19(2,3)28-17(26)14-11-23(12-8-9-12)15(24)10-13(14)16(25)22(7)21-18(27)29-20(4,5)6/h10-12H,8-9H2,1-7H3,(H,21,27). The minimum Gasteiger partial charge on any atom is -0.456 e. The number of carbonyl (C=O) groups excluding carboxylic acids is 3. The van der Waals surface area contributed by atoms with Gasteiger partial charge in [-0.15, -0.1) is 0 Å². The van der Waals surface area contributed by atoms with Gasteiger partial charge in [-0.3, -0.25) is 14.6 Å². The number of aromatic nitrogens is 1. The zero-order chi connectivity index (χ0) is 22.1. The number of nitrogens with zero attached hydrogens (tertiary/aromatic N) is 2. The van der Waals surface area contributed by atoms with Crippen molar-refractivity contribution in [3.63, 3.8) is 0 Å². The van der Waals surface area contributed by atoms with Crippen LogP contribution in [0.3, 0.4) is 0 Å². The molecule has 1 heterocycles. The number of rotatable bonds is 3. The molecule has 0 radical (unpaired) electrons. The molecule has 9 nitrogen and oxygen atoms in total. The van der Waals surface area contributed by atoms with Gasteiger partial charge >= 0.3 is 12.1 Å². The van der Waals surface area contributed by atoms with E-state index >= 15 is 0 Å². The first kappa shape index (κ1) is 22.4. The number of hydrogen-bond acceptors (Lipinski definition) is 6. The Morgan fingerprint density at radius 1 is 1.03 bits per heavy atom. The SMILES string of the molecule is CN(NC(=O)OC(C)(C)C)C(=O)c1cc(=O)n(C2CC2)cc1C(=O)OC(C)(C)C. The van der Waals surface area contributed by atoms with Gasteiger partial charge in [-0.05, 0) is 54.4 Å². The van der Waals surface area contributed by atoms with Crippen LogP contribution in [0.1, 0.15) is 81.1 Å². The first-order valence-corrected chi connectivity index (χ1v) is 9.45. The summed E-state index contributed by atoms with van der Waals surface area (Å²) in [5.41, 5.74) is 0.170. The Kier molecular flexibility index (Phi) is 6.10. The molecule has 2 amide bonds. The molecular weight excluding hydrogens is 378 g/mol. The van der Waals surface area contributed by atoms with Crippen LogP contribution in [0.5, 0.6) is 0 Å². The number of esters is 1. The number of hydrogen-bond donors (Lipinski definition) is 1. The van der Waals surface area contributed by atoms with E-state index in [0.29, 0.717) is 0 Å². The van der Waals surface area contributed by atoms with Crippen LogP contribution in [0.25, 0.3) is 0 Å². The largest absolute Gasteiger partial charge is 0.456 e. The van der Waals surface area contributed by atoms with Crippen LogP contribution < -0.4 is 11.0 Å². The molecular formula is C20H29N3O6.